The van der Waals surface area contributed by atoms with E-state index in [0.717, 1.165) is 10.9 Å². The molecule has 0 spiro atoms. The van der Waals surface area contributed by atoms with Crippen molar-refractivity contribution in [3.05, 3.63) is 29.8 Å². The lowest BCUT2D eigenvalue weighted by atomic mass is 10.1. The van der Waals surface area contributed by atoms with Gasteiger partial charge in [-0.05, 0) is 18.6 Å². The third-order valence-electron chi connectivity index (χ3n) is 2.43. The normalized spacial score (nSPS) is 10.5. The molecule has 3 nitrogen and oxygen atoms in total. The van der Waals surface area contributed by atoms with Crippen molar-refractivity contribution in [2.75, 3.05) is 0 Å². The third kappa shape index (κ3) is 1.28. The molecule has 0 amide bonds. The van der Waals surface area contributed by atoms with Crippen LogP contribution < -0.4 is 4.65 Å². The molecule has 1 N–H and O–H groups in total. The van der Waals surface area contributed by atoms with Crippen LogP contribution in [-0.4, -0.2) is 17.3 Å². The van der Waals surface area contributed by atoms with E-state index in [9.17, 15) is 0 Å². The first kappa shape index (κ1) is 9.15. The summed E-state index contributed by atoms with van der Waals surface area (Å²) in [6, 6.07) is 7.99. The van der Waals surface area contributed by atoms with Crippen molar-refractivity contribution >= 4 is 18.6 Å². The SMILES string of the molecule is Cc1cccc2c1cc(O[B]O)n2C. The Morgan fingerprint density at radius 1 is 1.43 bits per heavy atom. The van der Waals surface area contributed by atoms with Crippen molar-refractivity contribution in [2.24, 2.45) is 7.05 Å². The van der Waals surface area contributed by atoms with Gasteiger partial charge in [0, 0.05) is 18.5 Å². The molecule has 0 bridgehead atoms. The highest BCUT2D eigenvalue weighted by Gasteiger charge is 2.07. The molecule has 1 aromatic heterocycles. The fourth-order valence-electron chi connectivity index (χ4n) is 1.65. The van der Waals surface area contributed by atoms with Gasteiger partial charge in [-0.1, -0.05) is 12.1 Å². The average Bonchev–Trinajstić information content (AvgIpc) is 2.48. The molecule has 1 radical (unpaired) electrons. The number of nitrogens with zero attached hydrogens (tertiary/aromatic N) is 1. The number of rotatable bonds is 2. The molecule has 0 atom stereocenters. The fourth-order valence-corrected chi connectivity index (χ4v) is 1.65. The van der Waals surface area contributed by atoms with Gasteiger partial charge < -0.3 is 14.2 Å². The molecule has 0 fully saturated rings. The van der Waals surface area contributed by atoms with Crippen LogP contribution in [0.2, 0.25) is 0 Å². The molecule has 0 aliphatic carbocycles. The van der Waals surface area contributed by atoms with Crippen LogP contribution >= 0.6 is 0 Å². The summed E-state index contributed by atoms with van der Waals surface area (Å²) in [6.45, 7) is 2.05. The van der Waals surface area contributed by atoms with E-state index in [1.165, 1.54) is 5.56 Å². The Morgan fingerprint density at radius 3 is 2.86 bits per heavy atom. The van der Waals surface area contributed by atoms with Gasteiger partial charge in [0.05, 0.1) is 5.52 Å². The second kappa shape index (κ2) is 3.38. The Kier molecular flexibility index (Phi) is 2.21. The van der Waals surface area contributed by atoms with Crippen molar-refractivity contribution in [1.29, 1.82) is 0 Å². The molecule has 4 heteroatoms. The zero-order chi connectivity index (χ0) is 10.1. The van der Waals surface area contributed by atoms with Gasteiger partial charge in [-0.15, -0.1) is 0 Å². The van der Waals surface area contributed by atoms with Crippen LogP contribution in [0.25, 0.3) is 10.9 Å². The Bertz CT molecular complexity index is 464. The van der Waals surface area contributed by atoms with Gasteiger partial charge in [-0.3, -0.25) is 0 Å². The molecule has 0 saturated carbocycles. The first-order chi connectivity index (χ1) is 6.74. The van der Waals surface area contributed by atoms with Crippen LogP contribution in [0.3, 0.4) is 0 Å². The smallest absolute Gasteiger partial charge is 0.525 e. The lowest BCUT2D eigenvalue weighted by molar-refractivity contribution is 0.433. The van der Waals surface area contributed by atoms with Gasteiger partial charge in [-0.2, -0.15) is 0 Å². The zero-order valence-corrected chi connectivity index (χ0v) is 8.19. The standard InChI is InChI=1S/C10H11BNO2/c1-7-4-3-5-9-8(7)6-10(12(9)2)14-11-13/h3-6,13H,1-2H3. The van der Waals surface area contributed by atoms with Crippen LogP contribution in [0.15, 0.2) is 24.3 Å². The predicted octanol–water partition coefficient (Wildman–Crippen LogP) is 1.39. The van der Waals surface area contributed by atoms with Crippen molar-refractivity contribution < 1.29 is 9.68 Å². The quantitative estimate of drug-likeness (QED) is 0.722. The van der Waals surface area contributed by atoms with Crippen molar-refractivity contribution in [3.8, 4) is 5.88 Å². The monoisotopic (exact) mass is 188 g/mol. The number of aromatic nitrogens is 1. The first-order valence-electron chi connectivity index (χ1n) is 4.41. The highest BCUT2D eigenvalue weighted by Crippen LogP contribution is 2.26. The summed E-state index contributed by atoms with van der Waals surface area (Å²) < 4.78 is 6.87. The van der Waals surface area contributed by atoms with E-state index in [-0.39, 0.29) is 0 Å². The molecule has 2 aromatic rings. The average molecular weight is 188 g/mol. The van der Waals surface area contributed by atoms with Crippen LogP contribution in [0.4, 0.5) is 0 Å². The van der Waals surface area contributed by atoms with Crippen molar-refractivity contribution in [1.82, 2.24) is 4.57 Å². The van der Waals surface area contributed by atoms with E-state index in [1.54, 1.807) is 0 Å². The van der Waals surface area contributed by atoms with Gasteiger partial charge in [0.15, 0.2) is 5.88 Å². The van der Waals surface area contributed by atoms with E-state index in [2.05, 4.69) is 13.0 Å². The van der Waals surface area contributed by atoms with E-state index >= 15 is 0 Å². The molecule has 71 valence electrons. The van der Waals surface area contributed by atoms with Crippen LogP contribution in [-0.2, 0) is 7.05 Å². The molecule has 1 aromatic carbocycles. The number of hydrogen-bond donors (Lipinski definition) is 1. The third-order valence-corrected chi connectivity index (χ3v) is 2.43. The van der Waals surface area contributed by atoms with Crippen LogP contribution in [0.1, 0.15) is 5.56 Å². The molecule has 0 aliphatic rings. The summed E-state index contributed by atoms with van der Waals surface area (Å²) in [5, 5.41) is 9.72. The molecule has 0 aliphatic heterocycles. The minimum absolute atomic E-state index is 0.636. The minimum atomic E-state index is 0.636. The molecular formula is C10H11BNO2. The van der Waals surface area contributed by atoms with Crippen molar-refractivity contribution in [2.45, 2.75) is 6.92 Å². The lowest BCUT2D eigenvalue weighted by Crippen LogP contribution is -2.03. The van der Waals surface area contributed by atoms with E-state index in [1.807, 2.05) is 29.8 Å². The minimum Gasteiger partial charge on any atom is -0.525 e. The second-order valence-electron chi connectivity index (χ2n) is 3.27. The number of fused-ring (bicyclic) bond motifs is 1. The van der Waals surface area contributed by atoms with Crippen LogP contribution in [0.5, 0.6) is 5.88 Å². The van der Waals surface area contributed by atoms with Gasteiger partial charge in [0.1, 0.15) is 0 Å². The summed E-state index contributed by atoms with van der Waals surface area (Å²) in [7, 11) is 2.60. The topological polar surface area (TPSA) is 34.4 Å². The van der Waals surface area contributed by atoms with Gasteiger partial charge >= 0.3 is 7.69 Å². The Labute approximate surface area is 83.2 Å². The van der Waals surface area contributed by atoms with E-state index in [0.29, 0.717) is 13.6 Å². The Morgan fingerprint density at radius 2 is 2.21 bits per heavy atom. The summed E-state index contributed by atoms with van der Waals surface area (Å²) in [4.78, 5) is 0. The lowest BCUT2D eigenvalue weighted by Gasteiger charge is -2.02. The highest BCUT2D eigenvalue weighted by molar-refractivity contribution is 6.17. The maximum Gasteiger partial charge on any atom is 0.570 e. The largest absolute Gasteiger partial charge is 0.570 e. The Hall–Kier alpha value is -1.42. The molecule has 0 saturated heterocycles. The fraction of sp³-hybridized carbons (Fsp3) is 0.200. The summed E-state index contributed by atoms with van der Waals surface area (Å²) in [5.41, 5.74) is 2.30. The molecule has 0 unspecified atom stereocenters. The van der Waals surface area contributed by atoms with Crippen LogP contribution in [0, 0.1) is 6.92 Å². The summed E-state index contributed by atoms with van der Waals surface area (Å²) in [5.74, 6) is 0.636. The van der Waals surface area contributed by atoms with Crippen molar-refractivity contribution in [3.63, 3.8) is 0 Å². The summed E-state index contributed by atoms with van der Waals surface area (Å²) in [6.07, 6.45) is 0. The Balaban J connectivity index is 2.67. The van der Waals surface area contributed by atoms with Gasteiger partial charge in [-0.25, -0.2) is 0 Å². The summed E-state index contributed by atoms with van der Waals surface area (Å²) >= 11 is 0. The molecule has 2 rings (SSSR count). The highest BCUT2D eigenvalue weighted by atomic mass is 16.5. The number of aryl methyl sites for hydroxylation is 2. The zero-order valence-electron chi connectivity index (χ0n) is 8.19. The number of hydrogen-bond acceptors (Lipinski definition) is 2. The van der Waals surface area contributed by atoms with E-state index < -0.39 is 0 Å². The predicted molar refractivity (Wildman–Crippen MR) is 56.3 cm³/mol. The maximum absolute atomic E-state index is 8.58. The van der Waals surface area contributed by atoms with Gasteiger partial charge in [0.2, 0.25) is 0 Å². The molecule has 1 heterocycles. The van der Waals surface area contributed by atoms with E-state index in [4.69, 9.17) is 9.68 Å². The molecule has 14 heavy (non-hydrogen) atoms. The number of benzene rings is 1. The molecular weight excluding hydrogens is 177 g/mol. The maximum atomic E-state index is 8.58. The first-order valence-corrected chi connectivity index (χ1v) is 4.41. The van der Waals surface area contributed by atoms with Gasteiger partial charge in [0.25, 0.3) is 0 Å². The second-order valence-corrected chi connectivity index (χ2v) is 3.27.